The Balaban J connectivity index is 1.48. The van der Waals surface area contributed by atoms with Crippen LogP contribution < -0.4 is 0 Å². The van der Waals surface area contributed by atoms with Gasteiger partial charge in [-0.15, -0.1) is 0 Å². The highest BCUT2D eigenvalue weighted by Crippen LogP contribution is 2.22. The Labute approximate surface area is 174 Å². The van der Waals surface area contributed by atoms with E-state index in [4.69, 9.17) is 9.78 Å². The van der Waals surface area contributed by atoms with Gasteiger partial charge in [0, 0.05) is 35.2 Å². The van der Waals surface area contributed by atoms with E-state index in [9.17, 15) is 5.11 Å². The molecule has 4 rings (SSSR count). The van der Waals surface area contributed by atoms with Crippen molar-refractivity contribution < 1.29 is 9.63 Å². The summed E-state index contributed by atoms with van der Waals surface area (Å²) in [5, 5.41) is 22.9. The van der Waals surface area contributed by atoms with Gasteiger partial charge >= 0.3 is 0 Å². The van der Waals surface area contributed by atoms with Crippen molar-refractivity contribution in [3.05, 3.63) is 95.2 Å². The average Bonchev–Trinajstić information content (AvgIpc) is 3.43. The Hall–Kier alpha value is -4.13. The number of imidazole rings is 1. The minimum absolute atomic E-state index is 0.467. The van der Waals surface area contributed by atoms with Crippen LogP contribution >= 0.6 is 0 Å². The van der Waals surface area contributed by atoms with E-state index in [1.807, 2.05) is 47.0 Å². The van der Waals surface area contributed by atoms with Gasteiger partial charge in [-0.3, -0.25) is 0 Å². The molecule has 2 aromatic carbocycles. The van der Waals surface area contributed by atoms with E-state index in [0.717, 1.165) is 22.4 Å². The van der Waals surface area contributed by atoms with Crippen LogP contribution in [0.5, 0.6) is 0 Å². The summed E-state index contributed by atoms with van der Waals surface area (Å²) in [6.07, 6.45) is 2.80. The summed E-state index contributed by atoms with van der Waals surface area (Å²) in [4.78, 5) is 4.16. The lowest BCUT2D eigenvalue weighted by molar-refractivity contribution is 0.184. The Morgan fingerprint density at radius 1 is 1.07 bits per heavy atom. The Morgan fingerprint density at radius 2 is 1.83 bits per heavy atom. The van der Waals surface area contributed by atoms with Crippen molar-refractivity contribution in [3.8, 4) is 29.2 Å². The molecule has 0 aliphatic rings. The number of rotatable bonds is 4. The monoisotopic (exact) mass is 394 g/mol. The topological polar surface area (TPSA) is 87.9 Å². The van der Waals surface area contributed by atoms with Crippen LogP contribution in [0.3, 0.4) is 0 Å². The first-order valence-corrected chi connectivity index (χ1v) is 9.39. The van der Waals surface area contributed by atoms with Crippen molar-refractivity contribution in [1.82, 2.24) is 14.7 Å². The molecule has 2 aromatic heterocycles. The van der Waals surface area contributed by atoms with E-state index in [1.54, 1.807) is 31.5 Å². The molecule has 146 valence electrons. The normalized spacial score (nSPS) is 11.4. The summed E-state index contributed by atoms with van der Waals surface area (Å²) >= 11 is 0. The summed E-state index contributed by atoms with van der Waals surface area (Å²) in [6, 6.07) is 18.9. The van der Waals surface area contributed by atoms with Gasteiger partial charge in [0.25, 0.3) is 0 Å². The maximum absolute atomic E-state index is 9.77. The fourth-order valence-electron chi connectivity index (χ4n) is 3.05. The standard InChI is InChI=1S/C24H18N4O2/c1-17(29)24-26-11-12-28(24)16-22-14-23(30-27-22)21-9-7-18(8-10-21)5-6-19-3-2-4-20(13-19)15-25/h2-4,7-14,17,29H,16H2,1H3/t17-/m0/s1. The Bertz CT molecular complexity index is 1260. The van der Waals surface area contributed by atoms with Crippen molar-refractivity contribution in [3.63, 3.8) is 0 Å². The Morgan fingerprint density at radius 3 is 2.60 bits per heavy atom. The fraction of sp³-hybridized carbons (Fsp3) is 0.125. The fourth-order valence-corrected chi connectivity index (χ4v) is 3.05. The van der Waals surface area contributed by atoms with Crippen LogP contribution in [0.1, 0.15) is 41.2 Å². The molecule has 0 amide bonds. The van der Waals surface area contributed by atoms with E-state index in [0.29, 0.717) is 23.7 Å². The molecule has 0 aliphatic heterocycles. The molecule has 0 fully saturated rings. The molecule has 0 bridgehead atoms. The molecular formula is C24H18N4O2. The molecule has 1 N–H and O–H groups in total. The van der Waals surface area contributed by atoms with Gasteiger partial charge in [-0.25, -0.2) is 4.98 Å². The Kier molecular flexibility index (Phi) is 5.43. The predicted molar refractivity (Wildman–Crippen MR) is 111 cm³/mol. The van der Waals surface area contributed by atoms with Gasteiger partial charge < -0.3 is 14.2 Å². The molecule has 0 radical (unpaired) electrons. The highest BCUT2D eigenvalue weighted by atomic mass is 16.5. The minimum Gasteiger partial charge on any atom is -0.385 e. The average molecular weight is 394 g/mol. The zero-order chi connectivity index (χ0) is 20.9. The van der Waals surface area contributed by atoms with Gasteiger partial charge in [0.1, 0.15) is 17.6 Å². The van der Waals surface area contributed by atoms with Crippen molar-refractivity contribution in [2.24, 2.45) is 0 Å². The molecule has 4 aromatic rings. The molecule has 0 saturated heterocycles. The quantitative estimate of drug-likeness (QED) is 0.530. The first kappa shape index (κ1) is 19.2. The van der Waals surface area contributed by atoms with Crippen molar-refractivity contribution >= 4 is 0 Å². The lowest BCUT2D eigenvalue weighted by Gasteiger charge is -2.07. The molecule has 0 spiro atoms. The van der Waals surface area contributed by atoms with Crippen LogP contribution in [0, 0.1) is 23.2 Å². The van der Waals surface area contributed by atoms with E-state index in [-0.39, 0.29) is 0 Å². The smallest absolute Gasteiger partial charge is 0.167 e. The van der Waals surface area contributed by atoms with Gasteiger partial charge in [0.15, 0.2) is 5.76 Å². The number of hydrogen-bond acceptors (Lipinski definition) is 5. The van der Waals surface area contributed by atoms with E-state index < -0.39 is 6.10 Å². The summed E-state index contributed by atoms with van der Waals surface area (Å²) in [5.41, 5.74) is 3.89. The van der Waals surface area contributed by atoms with Crippen LogP contribution in [0.2, 0.25) is 0 Å². The van der Waals surface area contributed by atoms with Crippen molar-refractivity contribution in [2.45, 2.75) is 19.6 Å². The van der Waals surface area contributed by atoms with Crippen LogP contribution in [-0.2, 0) is 6.54 Å². The number of nitrogens with zero attached hydrogens (tertiary/aromatic N) is 4. The summed E-state index contributed by atoms with van der Waals surface area (Å²) in [5.74, 6) is 7.42. The maximum atomic E-state index is 9.77. The third-order valence-corrected chi connectivity index (χ3v) is 4.52. The second-order valence-electron chi connectivity index (χ2n) is 6.79. The highest BCUT2D eigenvalue weighted by Gasteiger charge is 2.12. The van der Waals surface area contributed by atoms with Gasteiger partial charge in [-0.2, -0.15) is 5.26 Å². The van der Waals surface area contributed by atoms with Gasteiger partial charge in [0.05, 0.1) is 18.2 Å². The molecule has 30 heavy (non-hydrogen) atoms. The zero-order valence-electron chi connectivity index (χ0n) is 16.3. The minimum atomic E-state index is -0.651. The molecule has 1 atom stereocenters. The highest BCUT2D eigenvalue weighted by molar-refractivity contribution is 5.59. The summed E-state index contributed by atoms with van der Waals surface area (Å²) in [7, 11) is 0. The third kappa shape index (κ3) is 4.30. The van der Waals surface area contributed by atoms with E-state index in [1.165, 1.54) is 0 Å². The van der Waals surface area contributed by atoms with Crippen LogP contribution in [0.4, 0.5) is 0 Å². The van der Waals surface area contributed by atoms with Crippen LogP contribution in [0.15, 0.2) is 71.5 Å². The number of aromatic nitrogens is 3. The van der Waals surface area contributed by atoms with Crippen LogP contribution in [-0.4, -0.2) is 19.8 Å². The van der Waals surface area contributed by atoms with Crippen LogP contribution in [0.25, 0.3) is 11.3 Å². The second-order valence-corrected chi connectivity index (χ2v) is 6.79. The molecule has 0 aliphatic carbocycles. The lowest BCUT2D eigenvalue weighted by Crippen LogP contribution is -2.07. The molecule has 0 saturated carbocycles. The van der Waals surface area contributed by atoms with Gasteiger partial charge in [-0.1, -0.05) is 23.1 Å². The molecule has 2 heterocycles. The molecule has 0 unspecified atom stereocenters. The molecule has 6 heteroatoms. The number of aliphatic hydroxyl groups is 1. The maximum Gasteiger partial charge on any atom is 0.167 e. The van der Waals surface area contributed by atoms with Gasteiger partial charge in [-0.05, 0) is 49.4 Å². The van der Waals surface area contributed by atoms with E-state index >= 15 is 0 Å². The predicted octanol–water partition coefficient (Wildman–Crippen LogP) is 3.91. The van der Waals surface area contributed by atoms with E-state index in [2.05, 4.69) is 28.1 Å². The van der Waals surface area contributed by atoms with Crippen molar-refractivity contribution in [1.29, 1.82) is 5.26 Å². The SMILES string of the molecule is C[C@H](O)c1nccn1Cc1cc(-c2ccc(C#Cc3cccc(C#N)c3)cc2)on1. The summed E-state index contributed by atoms with van der Waals surface area (Å²) in [6.45, 7) is 2.15. The molecular weight excluding hydrogens is 376 g/mol. The second kappa shape index (κ2) is 8.48. The zero-order valence-corrected chi connectivity index (χ0v) is 16.3. The first-order chi connectivity index (χ1) is 14.6. The van der Waals surface area contributed by atoms with Gasteiger partial charge in [0.2, 0.25) is 0 Å². The molecule has 6 nitrogen and oxygen atoms in total. The number of nitriles is 1. The third-order valence-electron chi connectivity index (χ3n) is 4.52. The summed E-state index contributed by atoms with van der Waals surface area (Å²) < 4.78 is 7.32. The number of benzene rings is 2. The first-order valence-electron chi connectivity index (χ1n) is 9.39. The van der Waals surface area contributed by atoms with Crippen molar-refractivity contribution in [2.75, 3.05) is 0 Å². The number of hydrogen-bond donors (Lipinski definition) is 1. The lowest BCUT2D eigenvalue weighted by atomic mass is 10.1. The number of aliphatic hydroxyl groups excluding tert-OH is 1. The largest absolute Gasteiger partial charge is 0.385 e.